The predicted molar refractivity (Wildman–Crippen MR) is 97.4 cm³/mol. The number of halogens is 2. The van der Waals surface area contributed by atoms with E-state index in [2.05, 4.69) is 30.6 Å². The summed E-state index contributed by atoms with van der Waals surface area (Å²) in [6.07, 6.45) is 2.93. The van der Waals surface area contributed by atoms with Gasteiger partial charge in [-0.1, -0.05) is 48.0 Å². The van der Waals surface area contributed by atoms with E-state index >= 15 is 0 Å². The number of hydrogen-bond donors (Lipinski definition) is 1. The molecule has 122 valence electrons. The Bertz CT molecular complexity index is 982. The second-order valence-electron chi connectivity index (χ2n) is 4.78. The maximum absolute atomic E-state index is 12.7. The SMILES string of the molecule is O=S(=O)(Nc1nccnc1-c1ccccc1)c1cccc(Br)c1Cl. The lowest BCUT2D eigenvalue weighted by atomic mass is 10.1. The highest BCUT2D eigenvalue weighted by molar-refractivity contribution is 9.10. The molecule has 0 aliphatic carbocycles. The zero-order chi connectivity index (χ0) is 17.2. The van der Waals surface area contributed by atoms with Crippen molar-refractivity contribution in [1.82, 2.24) is 9.97 Å². The molecule has 24 heavy (non-hydrogen) atoms. The predicted octanol–water partition coefficient (Wildman–Crippen LogP) is 4.36. The number of rotatable bonds is 4. The van der Waals surface area contributed by atoms with Gasteiger partial charge in [-0.2, -0.15) is 0 Å². The minimum atomic E-state index is -3.91. The fraction of sp³-hybridized carbons (Fsp3) is 0. The molecule has 3 aromatic rings. The number of aromatic nitrogens is 2. The second-order valence-corrected chi connectivity index (χ2v) is 7.66. The third-order valence-corrected chi connectivity index (χ3v) is 5.97. The molecule has 8 heteroatoms. The van der Waals surface area contributed by atoms with Crippen molar-refractivity contribution in [1.29, 1.82) is 0 Å². The van der Waals surface area contributed by atoms with Crippen molar-refractivity contribution in [3.05, 3.63) is 70.4 Å². The summed E-state index contributed by atoms with van der Waals surface area (Å²) < 4.78 is 28.3. The summed E-state index contributed by atoms with van der Waals surface area (Å²) >= 11 is 9.32. The molecule has 5 nitrogen and oxygen atoms in total. The average molecular weight is 425 g/mol. The van der Waals surface area contributed by atoms with Crippen molar-refractivity contribution in [3.8, 4) is 11.3 Å². The third kappa shape index (κ3) is 3.43. The second kappa shape index (κ2) is 6.88. The van der Waals surface area contributed by atoms with Crippen LogP contribution in [0.1, 0.15) is 0 Å². The van der Waals surface area contributed by atoms with Crippen LogP contribution >= 0.6 is 27.5 Å². The summed E-state index contributed by atoms with van der Waals surface area (Å²) in [5, 5.41) is 0.107. The molecule has 1 aromatic heterocycles. The van der Waals surface area contributed by atoms with Crippen molar-refractivity contribution in [2.75, 3.05) is 4.72 Å². The number of benzene rings is 2. The standard InChI is InChI=1S/C16H11BrClN3O2S/c17-12-7-4-8-13(14(12)18)24(22,23)21-16-15(19-9-10-20-16)11-5-2-1-3-6-11/h1-10H,(H,20,21). The first-order chi connectivity index (χ1) is 11.5. The maximum Gasteiger partial charge on any atom is 0.264 e. The van der Waals surface area contributed by atoms with Gasteiger partial charge in [0.05, 0.1) is 5.02 Å². The Morgan fingerprint density at radius 1 is 0.958 bits per heavy atom. The number of nitrogens with one attached hydrogen (secondary N) is 1. The molecule has 0 bridgehead atoms. The molecule has 1 heterocycles. The number of sulfonamides is 1. The summed E-state index contributed by atoms with van der Waals surface area (Å²) in [6.45, 7) is 0. The van der Waals surface area contributed by atoms with E-state index < -0.39 is 10.0 Å². The van der Waals surface area contributed by atoms with E-state index in [1.165, 1.54) is 18.5 Å². The molecule has 0 aliphatic heterocycles. The van der Waals surface area contributed by atoms with Gasteiger partial charge in [-0.3, -0.25) is 9.71 Å². The van der Waals surface area contributed by atoms with Gasteiger partial charge in [0.25, 0.3) is 10.0 Å². The number of nitrogens with zero attached hydrogens (tertiary/aromatic N) is 2. The van der Waals surface area contributed by atoms with Crippen LogP contribution in [0, 0.1) is 0 Å². The Hall–Kier alpha value is -1.96. The van der Waals surface area contributed by atoms with Crippen LogP contribution in [-0.4, -0.2) is 18.4 Å². The van der Waals surface area contributed by atoms with Gasteiger partial charge in [-0.25, -0.2) is 13.4 Å². The van der Waals surface area contributed by atoms with E-state index in [1.54, 1.807) is 12.1 Å². The Labute approximate surface area is 152 Å². The monoisotopic (exact) mass is 423 g/mol. The topological polar surface area (TPSA) is 72.0 Å². The smallest absolute Gasteiger partial charge is 0.261 e. The molecule has 3 rings (SSSR count). The molecule has 1 N–H and O–H groups in total. The van der Waals surface area contributed by atoms with E-state index in [0.717, 1.165) is 5.56 Å². The van der Waals surface area contributed by atoms with E-state index in [0.29, 0.717) is 10.2 Å². The lowest BCUT2D eigenvalue weighted by molar-refractivity contribution is 0.601. The van der Waals surface area contributed by atoms with Crippen LogP contribution in [0.2, 0.25) is 5.02 Å². The van der Waals surface area contributed by atoms with Crippen molar-refractivity contribution in [2.45, 2.75) is 4.90 Å². The fourth-order valence-corrected chi connectivity index (χ4v) is 4.14. The first-order valence-electron chi connectivity index (χ1n) is 6.82. The highest BCUT2D eigenvalue weighted by Crippen LogP contribution is 2.31. The summed E-state index contributed by atoms with van der Waals surface area (Å²) in [5.74, 6) is 0.139. The molecule has 0 fully saturated rings. The molecule has 0 saturated heterocycles. The fourth-order valence-electron chi connectivity index (χ4n) is 2.09. The van der Waals surface area contributed by atoms with Gasteiger partial charge in [-0.05, 0) is 28.1 Å². The molecule has 0 spiro atoms. The molecule has 0 amide bonds. The Kier molecular flexibility index (Phi) is 4.84. The van der Waals surface area contributed by atoms with Gasteiger partial charge >= 0.3 is 0 Å². The van der Waals surface area contributed by atoms with Gasteiger partial charge in [0, 0.05) is 22.4 Å². The average Bonchev–Trinajstić information content (AvgIpc) is 2.58. The highest BCUT2D eigenvalue weighted by atomic mass is 79.9. The number of hydrogen-bond acceptors (Lipinski definition) is 4. The van der Waals surface area contributed by atoms with Crippen LogP contribution in [0.25, 0.3) is 11.3 Å². The molecule has 0 aliphatic rings. The minimum absolute atomic E-state index is 0.0387. The van der Waals surface area contributed by atoms with E-state index in [1.807, 2.05) is 30.3 Å². The van der Waals surface area contributed by atoms with Crippen molar-refractivity contribution in [3.63, 3.8) is 0 Å². The summed E-state index contributed by atoms with van der Waals surface area (Å²) in [7, 11) is -3.91. The molecule has 2 aromatic carbocycles. The van der Waals surface area contributed by atoms with Crippen molar-refractivity contribution in [2.24, 2.45) is 0 Å². The first kappa shape index (κ1) is 16.9. The van der Waals surface area contributed by atoms with E-state index in [-0.39, 0.29) is 15.7 Å². The molecule has 0 radical (unpaired) electrons. The molecular formula is C16H11BrClN3O2S. The van der Waals surface area contributed by atoms with Crippen LogP contribution in [-0.2, 0) is 10.0 Å². The molecule has 0 unspecified atom stereocenters. The van der Waals surface area contributed by atoms with Gasteiger partial charge in [-0.15, -0.1) is 0 Å². The van der Waals surface area contributed by atoms with Crippen molar-refractivity contribution >= 4 is 43.4 Å². The van der Waals surface area contributed by atoms with Crippen LogP contribution in [0.4, 0.5) is 5.82 Å². The summed E-state index contributed by atoms with van der Waals surface area (Å²) in [5.41, 5.74) is 1.19. The largest absolute Gasteiger partial charge is 0.264 e. The van der Waals surface area contributed by atoms with Gasteiger partial charge in [0.2, 0.25) is 0 Å². The summed E-state index contributed by atoms with van der Waals surface area (Å²) in [6, 6.07) is 13.9. The van der Waals surface area contributed by atoms with Crippen LogP contribution < -0.4 is 4.72 Å². The van der Waals surface area contributed by atoms with Crippen LogP contribution in [0.5, 0.6) is 0 Å². The highest BCUT2D eigenvalue weighted by Gasteiger charge is 2.22. The minimum Gasteiger partial charge on any atom is -0.261 e. The van der Waals surface area contributed by atoms with Crippen LogP contribution in [0.3, 0.4) is 0 Å². The lowest BCUT2D eigenvalue weighted by Gasteiger charge is -2.12. The molecule has 0 atom stereocenters. The van der Waals surface area contributed by atoms with E-state index in [4.69, 9.17) is 11.6 Å². The lowest BCUT2D eigenvalue weighted by Crippen LogP contribution is -2.15. The molecular weight excluding hydrogens is 414 g/mol. The number of anilines is 1. The van der Waals surface area contributed by atoms with Crippen molar-refractivity contribution < 1.29 is 8.42 Å². The first-order valence-corrected chi connectivity index (χ1v) is 9.48. The Morgan fingerprint density at radius 2 is 1.67 bits per heavy atom. The van der Waals surface area contributed by atoms with Gasteiger partial charge < -0.3 is 0 Å². The quantitative estimate of drug-likeness (QED) is 0.675. The van der Waals surface area contributed by atoms with E-state index in [9.17, 15) is 8.42 Å². The zero-order valence-electron chi connectivity index (χ0n) is 12.1. The maximum atomic E-state index is 12.7. The van der Waals surface area contributed by atoms with Gasteiger partial charge in [0.1, 0.15) is 10.6 Å². The van der Waals surface area contributed by atoms with Gasteiger partial charge in [0.15, 0.2) is 5.82 Å². The normalized spacial score (nSPS) is 11.2. The molecule has 0 saturated carbocycles. The Morgan fingerprint density at radius 3 is 2.42 bits per heavy atom. The van der Waals surface area contributed by atoms with Crippen LogP contribution in [0.15, 0.2) is 70.3 Å². The Balaban J connectivity index is 2.05. The zero-order valence-corrected chi connectivity index (χ0v) is 15.3. The summed E-state index contributed by atoms with van der Waals surface area (Å²) in [4.78, 5) is 8.31. The third-order valence-electron chi connectivity index (χ3n) is 3.18.